The summed E-state index contributed by atoms with van der Waals surface area (Å²) in [7, 11) is -8.74. The van der Waals surface area contributed by atoms with Crippen LogP contribution in [0.4, 0.5) is 0 Å². The number of hydrogen-bond acceptors (Lipinski definition) is 4. The molecule has 4 rings (SSSR count). The average molecular weight is 1020 g/mol. The monoisotopic (exact) mass is 1020 g/mol. The summed E-state index contributed by atoms with van der Waals surface area (Å²) in [6.45, 7) is 56.6. The first kappa shape index (κ1) is 59.3. The third-order valence-corrected chi connectivity index (χ3v) is 40.8. The molecule has 8 heteroatoms. The fourth-order valence-corrected chi connectivity index (χ4v) is 34.9. The summed E-state index contributed by atoms with van der Waals surface area (Å²) in [5.74, 6) is 3.82. The normalized spacial score (nSPS) is 13.3. The molecule has 0 bridgehead atoms. The van der Waals surface area contributed by atoms with Gasteiger partial charge in [-0.2, -0.15) is 0 Å². The molecule has 70 heavy (non-hydrogen) atoms. The third-order valence-electron chi connectivity index (χ3n) is 16.8. The average Bonchev–Trinajstić information content (AvgIpc) is 3.27. The number of hydrogen-bond donors (Lipinski definition) is 0. The minimum absolute atomic E-state index is 0.474. The van der Waals surface area contributed by atoms with Crippen molar-refractivity contribution in [2.75, 3.05) is 0 Å². The predicted molar refractivity (Wildman–Crippen MR) is 317 cm³/mol. The second-order valence-corrected chi connectivity index (χ2v) is 46.0. The molecule has 0 amide bonds. The molecular formula is C62H100O4Si4. The van der Waals surface area contributed by atoms with E-state index in [2.05, 4.69) is 263 Å². The van der Waals surface area contributed by atoms with E-state index >= 15 is 0 Å². The molecule has 388 valence electrons. The van der Waals surface area contributed by atoms with Crippen LogP contribution in [0.2, 0.25) is 66.5 Å². The second kappa shape index (κ2) is 24.1. The minimum Gasteiger partial charge on any atom is -0.543 e. The van der Waals surface area contributed by atoms with Gasteiger partial charge >= 0.3 is 0 Å². The fourth-order valence-electron chi connectivity index (χ4n) is 13.9. The van der Waals surface area contributed by atoms with Gasteiger partial charge in [-0.1, -0.05) is 215 Å². The Morgan fingerprint density at radius 2 is 0.329 bits per heavy atom. The maximum atomic E-state index is 7.27. The molecule has 0 unspecified atom stereocenters. The van der Waals surface area contributed by atoms with E-state index in [1.807, 2.05) is 0 Å². The van der Waals surface area contributed by atoms with Gasteiger partial charge in [0.25, 0.3) is 33.3 Å². The van der Waals surface area contributed by atoms with Crippen molar-refractivity contribution in [3.05, 3.63) is 119 Å². The molecule has 0 saturated heterocycles. The first-order chi connectivity index (χ1) is 32.6. The van der Waals surface area contributed by atoms with Crippen molar-refractivity contribution in [3.63, 3.8) is 0 Å². The smallest absolute Gasteiger partial charge is 0.258 e. The lowest BCUT2D eigenvalue weighted by atomic mass is 9.85. The van der Waals surface area contributed by atoms with E-state index < -0.39 is 33.3 Å². The Kier molecular flexibility index (Phi) is 20.4. The second-order valence-electron chi connectivity index (χ2n) is 24.5. The van der Waals surface area contributed by atoms with Crippen LogP contribution in [-0.4, -0.2) is 33.3 Å². The SMILES string of the molecule is CC(C)[Si](Oc1ccc(C(=C(c2ccc(O[Si](C(C)C)(C(C)C)C(C)C)cc2)c2ccc(O[Si](C(C)C)(C(C)C)C(C)C)cc2)c2ccc(O[Si](C(C)C)(C(C)C)C(C)C)cc2)cc1)(C(C)C)C(C)C. The molecule has 0 aliphatic carbocycles. The van der Waals surface area contributed by atoms with Crippen LogP contribution in [0.1, 0.15) is 188 Å². The Bertz CT molecular complexity index is 1840. The van der Waals surface area contributed by atoms with Crippen LogP contribution in [0.3, 0.4) is 0 Å². The lowest BCUT2D eigenvalue weighted by Gasteiger charge is -2.42. The first-order valence-electron chi connectivity index (χ1n) is 27.5. The fraction of sp³-hybridized carbons (Fsp3) is 0.581. The maximum Gasteiger partial charge on any atom is 0.258 e. The van der Waals surface area contributed by atoms with Crippen LogP contribution < -0.4 is 17.7 Å². The maximum absolute atomic E-state index is 7.27. The summed E-state index contributed by atoms with van der Waals surface area (Å²) in [5, 5.41) is 0. The summed E-state index contributed by atoms with van der Waals surface area (Å²) < 4.78 is 29.1. The first-order valence-corrected chi connectivity index (χ1v) is 36.1. The lowest BCUT2D eigenvalue weighted by Crippen LogP contribution is -2.50. The molecule has 0 heterocycles. The highest BCUT2D eigenvalue weighted by Crippen LogP contribution is 2.48. The van der Waals surface area contributed by atoms with Gasteiger partial charge in [0.1, 0.15) is 23.0 Å². The van der Waals surface area contributed by atoms with Crippen LogP contribution in [-0.2, 0) is 0 Å². The van der Waals surface area contributed by atoms with Gasteiger partial charge in [0.05, 0.1) is 0 Å². The summed E-state index contributed by atoms with van der Waals surface area (Å²) in [6, 6.07) is 36.1. The molecule has 0 aliphatic rings. The zero-order valence-corrected chi connectivity index (χ0v) is 52.8. The summed E-state index contributed by atoms with van der Waals surface area (Å²) in [4.78, 5) is 0. The highest BCUT2D eigenvalue weighted by molar-refractivity contribution is 6.79. The van der Waals surface area contributed by atoms with Gasteiger partial charge < -0.3 is 17.7 Å². The topological polar surface area (TPSA) is 36.9 Å². The highest BCUT2D eigenvalue weighted by atomic mass is 28.4. The minimum atomic E-state index is -2.18. The van der Waals surface area contributed by atoms with E-state index in [4.69, 9.17) is 17.7 Å². The van der Waals surface area contributed by atoms with Gasteiger partial charge in [0, 0.05) is 0 Å². The van der Waals surface area contributed by atoms with E-state index in [1.54, 1.807) is 0 Å². The van der Waals surface area contributed by atoms with Crippen LogP contribution >= 0.6 is 0 Å². The summed E-state index contributed by atoms with van der Waals surface area (Å²) in [6.07, 6.45) is 0. The number of rotatable bonds is 24. The molecule has 0 atom stereocenters. The lowest BCUT2D eigenvalue weighted by molar-refractivity contribution is 0.479. The van der Waals surface area contributed by atoms with Gasteiger partial charge in [-0.3, -0.25) is 0 Å². The molecule has 0 saturated carbocycles. The van der Waals surface area contributed by atoms with Crippen molar-refractivity contribution in [3.8, 4) is 23.0 Å². The standard InChI is InChI=1S/C62H100O4Si4/c1-41(2)67(42(3)4,43(5)6)63-57-33-25-53(26-34-57)61(54-27-35-58(36-28-54)64-68(44(7)8,45(9)10)46(11)12)62(55-29-37-59(38-30-55)65-69(47(13)14,48(15)16)49(17)18)56-31-39-60(40-32-56)66-70(50(19)20,51(21)22)52(23)24/h25-52H,1-24H3. The Labute approximate surface area is 434 Å². The summed E-state index contributed by atoms with van der Waals surface area (Å²) >= 11 is 0. The molecule has 4 aromatic rings. The van der Waals surface area contributed by atoms with E-state index in [1.165, 1.54) is 0 Å². The van der Waals surface area contributed by atoms with Crippen molar-refractivity contribution in [2.24, 2.45) is 0 Å². The van der Waals surface area contributed by atoms with Gasteiger partial charge in [-0.25, -0.2) is 0 Å². The zero-order chi connectivity index (χ0) is 52.8. The van der Waals surface area contributed by atoms with Crippen molar-refractivity contribution in [1.82, 2.24) is 0 Å². The molecule has 0 aliphatic heterocycles. The van der Waals surface area contributed by atoms with Gasteiger partial charge in [-0.15, -0.1) is 0 Å². The molecule has 0 radical (unpaired) electrons. The Balaban J connectivity index is 2.10. The third kappa shape index (κ3) is 11.9. The quantitative estimate of drug-likeness (QED) is 0.0518. The van der Waals surface area contributed by atoms with Gasteiger partial charge in [0.2, 0.25) is 0 Å². The molecular weight excluding hydrogens is 921 g/mol. The van der Waals surface area contributed by atoms with Crippen LogP contribution in [0.15, 0.2) is 97.1 Å². The van der Waals surface area contributed by atoms with Gasteiger partial charge in [0.15, 0.2) is 0 Å². The molecule has 4 nitrogen and oxygen atoms in total. The predicted octanol–water partition coefficient (Wildman–Crippen LogP) is 20.9. The van der Waals surface area contributed by atoms with Crippen molar-refractivity contribution in [1.29, 1.82) is 0 Å². The van der Waals surface area contributed by atoms with E-state index in [-0.39, 0.29) is 0 Å². The van der Waals surface area contributed by atoms with Crippen LogP contribution in [0.5, 0.6) is 23.0 Å². The van der Waals surface area contributed by atoms with E-state index in [0.29, 0.717) is 66.5 Å². The zero-order valence-electron chi connectivity index (χ0n) is 48.8. The van der Waals surface area contributed by atoms with Crippen LogP contribution in [0.25, 0.3) is 11.1 Å². The Morgan fingerprint density at radius 1 is 0.214 bits per heavy atom. The highest BCUT2D eigenvalue weighted by Gasteiger charge is 2.50. The van der Waals surface area contributed by atoms with Crippen molar-refractivity contribution < 1.29 is 17.7 Å². The largest absolute Gasteiger partial charge is 0.543 e. The van der Waals surface area contributed by atoms with Crippen molar-refractivity contribution in [2.45, 2.75) is 233 Å². The molecule has 0 N–H and O–H groups in total. The summed E-state index contributed by atoms with van der Waals surface area (Å²) in [5.41, 5.74) is 12.5. The molecule has 0 fully saturated rings. The molecule has 0 spiro atoms. The van der Waals surface area contributed by atoms with E-state index in [9.17, 15) is 0 Å². The number of benzene rings is 4. The van der Waals surface area contributed by atoms with Gasteiger partial charge in [-0.05, 0) is 148 Å². The molecule has 0 aromatic heterocycles. The molecule has 4 aromatic carbocycles. The Morgan fingerprint density at radius 3 is 0.429 bits per heavy atom. The van der Waals surface area contributed by atoms with E-state index in [0.717, 1.165) is 56.4 Å². The van der Waals surface area contributed by atoms with Crippen molar-refractivity contribution >= 4 is 44.4 Å². The Hall–Kier alpha value is -3.31. The van der Waals surface area contributed by atoms with Crippen LogP contribution in [0, 0.1) is 0 Å².